The van der Waals surface area contributed by atoms with Gasteiger partial charge in [-0.3, -0.25) is 14.4 Å². The number of aromatic nitrogens is 1. The van der Waals surface area contributed by atoms with E-state index in [9.17, 15) is 14.4 Å². The number of allylic oxidation sites excluding steroid dienone is 2. The Morgan fingerprint density at radius 3 is 2.48 bits per heavy atom. The van der Waals surface area contributed by atoms with E-state index in [1.54, 1.807) is 10.8 Å². The summed E-state index contributed by atoms with van der Waals surface area (Å²) >= 11 is 0. The first-order valence-corrected chi connectivity index (χ1v) is 8.94. The molecule has 2 fully saturated rings. The number of para-hydroxylation sites is 1. The molecule has 1 N–H and O–H groups in total. The number of nitrogens with zero attached hydrogens (tertiary/aromatic N) is 3. The van der Waals surface area contributed by atoms with Crippen molar-refractivity contribution in [3.05, 3.63) is 48.2 Å². The zero-order chi connectivity index (χ0) is 18.7. The van der Waals surface area contributed by atoms with Crippen molar-refractivity contribution in [1.29, 1.82) is 0 Å². The van der Waals surface area contributed by atoms with Crippen molar-refractivity contribution in [2.75, 3.05) is 0 Å². The van der Waals surface area contributed by atoms with E-state index in [4.69, 9.17) is 5.11 Å². The Balaban J connectivity index is 1.47. The second-order valence-electron chi connectivity index (χ2n) is 7.36. The minimum Gasteiger partial charge on any atom is -0.480 e. The Labute approximate surface area is 154 Å². The molecule has 1 saturated heterocycles. The average molecular weight is 363 g/mol. The SMILES string of the molecule is O=C(O)Cn1cc(C=NN2C(=O)C3C4C=CC(C4)C3C2=O)c2ccccc21. The number of fused-ring (bicyclic) bond motifs is 6. The summed E-state index contributed by atoms with van der Waals surface area (Å²) in [6.07, 6.45) is 8.13. The lowest BCUT2D eigenvalue weighted by molar-refractivity contribution is -0.141. The summed E-state index contributed by atoms with van der Waals surface area (Å²) in [6.45, 7) is -0.172. The van der Waals surface area contributed by atoms with Crippen molar-refractivity contribution >= 4 is 34.9 Å². The number of hydrogen-bond acceptors (Lipinski definition) is 4. The summed E-state index contributed by atoms with van der Waals surface area (Å²) in [7, 11) is 0. The average Bonchev–Trinajstić information content (AvgIpc) is 3.38. The molecule has 4 atom stereocenters. The molecule has 0 spiro atoms. The van der Waals surface area contributed by atoms with Gasteiger partial charge in [-0.15, -0.1) is 0 Å². The first kappa shape index (κ1) is 16.0. The molecule has 2 aromatic rings. The highest BCUT2D eigenvalue weighted by molar-refractivity contribution is 6.07. The zero-order valence-electron chi connectivity index (χ0n) is 14.4. The van der Waals surface area contributed by atoms with Crippen LogP contribution in [0.5, 0.6) is 0 Å². The summed E-state index contributed by atoms with van der Waals surface area (Å²) in [5.41, 5.74) is 1.44. The smallest absolute Gasteiger partial charge is 0.323 e. The molecule has 1 aliphatic heterocycles. The van der Waals surface area contributed by atoms with Gasteiger partial charge >= 0.3 is 5.97 Å². The maximum Gasteiger partial charge on any atom is 0.323 e. The van der Waals surface area contributed by atoms with E-state index in [1.807, 2.05) is 36.4 Å². The summed E-state index contributed by atoms with van der Waals surface area (Å²) in [5.74, 6) is -1.67. The zero-order valence-corrected chi connectivity index (χ0v) is 14.4. The number of hydrazone groups is 1. The molecular weight excluding hydrogens is 346 g/mol. The van der Waals surface area contributed by atoms with Gasteiger partial charge in [-0.1, -0.05) is 30.4 Å². The molecule has 5 rings (SSSR count). The number of rotatable bonds is 4. The van der Waals surface area contributed by atoms with Crippen LogP contribution in [0.25, 0.3) is 10.9 Å². The lowest BCUT2D eigenvalue weighted by Gasteiger charge is -2.13. The highest BCUT2D eigenvalue weighted by atomic mass is 16.4. The molecule has 136 valence electrons. The summed E-state index contributed by atoms with van der Waals surface area (Å²) in [5, 5.41) is 15.1. The van der Waals surface area contributed by atoms with Gasteiger partial charge in [0, 0.05) is 22.7 Å². The quantitative estimate of drug-likeness (QED) is 0.510. The van der Waals surface area contributed by atoms with Crippen molar-refractivity contribution in [1.82, 2.24) is 9.58 Å². The number of benzene rings is 1. The van der Waals surface area contributed by atoms with Crippen LogP contribution in [0.2, 0.25) is 0 Å². The number of carbonyl (C=O) groups excluding carboxylic acids is 2. The third kappa shape index (κ3) is 2.27. The first-order valence-electron chi connectivity index (χ1n) is 8.94. The lowest BCUT2D eigenvalue weighted by atomic mass is 9.85. The van der Waals surface area contributed by atoms with Crippen LogP contribution in [0.3, 0.4) is 0 Å². The van der Waals surface area contributed by atoms with Gasteiger partial charge in [0.25, 0.3) is 11.8 Å². The van der Waals surface area contributed by atoms with Crippen molar-refractivity contribution < 1.29 is 19.5 Å². The molecule has 3 aliphatic rings. The maximum absolute atomic E-state index is 12.7. The molecule has 1 aromatic heterocycles. The fourth-order valence-electron chi connectivity index (χ4n) is 4.77. The predicted octanol–water partition coefficient (Wildman–Crippen LogP) is 1.87. The van der Waals surface area contributed by atoms with Crippen LogP contribution in [0.1, 0.15) is 12.0 Å². The Morgan fingerprint density at radius 2 is 1.81 bits per heavy atom. The lowest BCUT2D eigenvalue weighted by Crippen LogP contribution is -2.28. The minimum atomic E-state index is -0.944. The second kappa shape index (κ2) is 5.64. The van der Waals surface area contributed by atoms with Crippen LogP contribution >= 0.6 is 0 Å². The number of carbonyl (C=O) groups is 3. The molecule has 7 heteroatoms. The summed E-state index contributed by atoms with van der Waals surface area (Å²) < 4.78 is 1.62. The van der Waals surface area contributed by atoms with Gasteiger partial charge in [0.1, 0.15) is 6.54 Å². The third-order valence-electron chi connectivity index (χ3n) is 5.88. The van der Waals surface area contributed by atoms with E-state index in [0.717, 1.165) is 22.3 Å². The molecule has 4 unspecified atom stereocenters. The van der Waals surface area contributed by atoms with Crippen LogP contribution in [0.15, 0.2) is 47.7 Å². The molecule has 2 aliphatic carbocycles. The van der Waals surface area contributed by atoms with Crippen molar-refractivity contribution in [2.45, 2.75) is 13.0 Å². The standard InChI is InChI=1S/C20H17N3O4/c24-16(25)10-22-9-13(14-3-1-2-4-15(14)22)8-21-23-19(26)17-11-5-6-12(7-11)18(17)20(23)27/h1-6,8-9,11-12,17-18H,7,10H2,(H,24,25). The Morgan fingerprint density at radius 1 is 1.15 bits per heavy atom. The molecule has 1 saturated carbocycles. The van der Waals surface area contributed by atoms with E-state index in [2.05, 4.69) is 5.10 Å². The van der Waals surface area contributed by atoms with E-state index in [0.29, 0.717) is 5.56 Å². The number of aliphatic carboxylic acids is 1. The highest BCUT2D eigenvalue weighted by Gasteiger charge is 2.59. The van der Waals surface area contributed by atoms with Gasteiger partial charge < -0.3 is 9.67 Å². The van der Waals surface area contributed by atoms with E-state index < -0.39 is 5.97 Å². The van der Waals surface area contributed by atoms with Crippen molar-refractivity contribution in [2.24, 2.45) is 28.8 Å². The van der Waals surface area contributed by atoms with Crippen molar-refractivity contribution in [3.63, 3.8) is 0 Å². The van der Waals surface area contributed by atoms with E-state index in [1.165, 1.54) is 6.21 Å². The van der Waals surface area contributed by atoms with E-state index >= 15 is 0 Å². The molecular formula is C20H17N3O4. The molecule has 7 nitrogen and oxygen atoms in total. The molecule has 1 aromatic carbocycles. The van der Waals surface area contributed by atoms with Crippen LogP contribution in [-0.2, 0) is 20.9 Å². The maximum atomic E-state index is 12.7. The largest absolute Gasteiger partial charge is 0.480 e. The van der Waals surface area contributed by atoms with Gasteiger partial charge in [0.05, 0.1) is 18.1 Å². The van der Waals surface area contributed by atoms with Gasteiger partial charge in [-0.05, 0) is 24.3 Å². The third-order valence-corrected chi connectivity index (χ3v) is 5.88. The minimum absolute atomic E-state index is 0.147. The summed E-state index contributed by atoms with van der Waals surface area (Å²) in [4.78, 5) is 36.5. The highest BCUT2D eigenvalue weighted by Crippen LogP contribution is 2.52. The summed E-state index contributed by atoms with van der Waals surface area (Å²) in [6, 6.07) is 7.38. The Hall–Kier alpha value is -3.22. The normalized spacial score (nSPS) is 28.8. The number of imide groups is 1. The van der Waals surface area contributed by atoms with E-state index in [-0.39, 0.29) is 42.0 Å². The molecule has 2 amide bonds. The van der Waals surface area contributed by atoms with Crippen LogP contribution in [0, 0.1) is 23.7 Å². The molecule has 0 radical (unpaired) electrons. The van der Waals surface area contributed by atoms with Crippen LogP contribution in [0.4, 0.5) is 0 Å². The second-order valence-corrected chi connectivity index (χ2v) is 7.36. The van der Waals surface area contributed by atoms with Gasteiger partial charge in [-0.25, -0.2) is 0 Å². The molecule has 27 heavy (non-hydrogen) atoms. The van der Waals surface area contributed by atoms with Crippen LogP contribution < -0.4 is 0 Å². The van der Waals surface area contributed by atoms with Gasteiger partial charge in [0.2, 0.25) is 0 Å². The Bertz CT molecular complexity index is 1020. The molecule has 2 bridgehead atoms. The number of amides is 2. The fraction of sp³-hybridized carbons (Fsp3) is 0.300. The fourth-order valence-corrected chi connectivity index (χ4v) is 4.77. The van der Waals surface area contributed by atoms with Gasteiger partial charge in [0.15, 0.2) is 0 Å². The first-order chi connectivity index (χ1) is 13.0. The number of carboxylic acid groups (broad SMARTS) is 1. The molecule has 2 heterocycles. The van der Waals surface area contributed by atoms with Crippen LogP contribution in [-0.4, -0.2) is 38.7 Å². The number of hydrogen-bond donors (Lipinski definition) is 1. The van der Waals surface area contributed by atoms with Crippen molar-refractivity contribution in [3.8, 4) is 0 Å². The monoisotopic (exact) mass is 363 g/mol. The Kier molecular flexibility index (Phi) is 3.34. The van der Waals surface area contributed by atoms with Gasteiger partial charge in [-0.2, -0.15) is 10.1 Å². The number of carboxylic acids is 1. The predicted molar refractivity (Wildman–Crippen MR) is 96.7 cm³/mol. The topological polar surface area (TPSA) is 92.0 Å².